The zero-order chi connectivity index (χ0) is 29.8. The molecule has 44 heavy (non-hydrogen) atoms. The van der Waals surface area contributed by atoms with Crippen molar-refractivity contribution in [2.45, 2.75) is 72.6 Å². The van der Waals surface area contributed by atoms with Crippen LogP contribution in [0.3, 0.4) is 0 Å². The Bertz CT molecular complexity index is 1720. The van der Waals surface area contributed by atoms with E-state index in [0.717, 1.165) is 6.42 Å². The van der Waals surface area contributed by atoms with Gasteiger partial charge < -0.3 is 0 Å². The summed E-state index contributed by atoms with van der Waals surface area (Å²) in [5, 5.41) is 0. The van der Waals surface area contributed by atoms with Crippen LogP contribution in [0.4, 0.5) is 0 Å². The van der Waals surface area contributed by atoms with E-state index in [-0.39, 0.29) is 35.6 Å². The second-order valence-electron chi connectivity index (χ2n) is 14.4. The molecular weight excluding hydrogens is 655 g/mol. The molecule has 1 atom stereocenters. The molecule has 0 aromatic heterocycles. The minimum absolute atomic E-state index is 0. The number of halogens is 2. The van der Waals surface area contributed by atoms with Gasteiger partial charge in [-0.15, -0.1) is 24.8 Å². The summed E-state index contributed by atoms with van der Waals surface area (Å²) in [6.07, 6.45) is 6.08. The normalized spacial score (nSPS) is 15.3. The molecule has 0 radical (unpaired) electrons. The topological polar surface area (TPSA) is 0 Å². The molecule has 0 nitrogen and oxygen atoms in total. The average molecular weight is 701 g/mol. The fourth-order valence-electron chi connectivity index (χ4n) is 6.71. The number of benzene rings is 4. The quantitative estimate of drug-likeness (QED) is 0.175. The number of allylic oxidation sites excluding steroid dienone is 4. The van der Waals surface area contributed by atoms with Crippen LogP contribution in [0.25, 0.3) is 11.1 Å². The van der Waals surface area contributed by atoms with Crippen molar-refractivity contribution in [3.63, 3.8) is 0 Å². The third-order valence-corrected chi connectivity index (χ3v) is 17.0. The monoisotopic (exact) mass is 698 g/mol. The molecule has 2 aliphatic carbocycles. The molecule has 3 heteroatoms. The van der Waals surface area contributed by atoms with E-state index in [1.165, 1.54) is 44.5 Å². The first-order valence-corrected chi connectivity index (χ1v) is 19.2. The maximum atomic E-state index is 2.65. The number of fused-ring (bicyclic) bond motifs is 3. The summed E-state index contributed by atoms with van der Waals surface area (Å²) in [7, 11) is 0. The van der Waals surface area contributed by atoms with Gasteiger partial charge in [-0.3, -0.25) is 0 Å². The molecule has 1 unspecified atom stereocenters. The Morgan fingerprint density at radius 2 is 1.23 bits per heavy atom. The van der Waals surface area contributed by atoms with Gasteiger partial charge in [0.1, 0.15) is 0 Å². The SMILES string of the molecule is CC1=CC(C)[C]([Zr](=[C](c2ccccc2)c2ccccc2)[c]2cc(C(C)(C)C)cc3c2Cc2ccc(C(C)(C)C)cc2-3)=C1.Cl.Cl. The molecule has 0 spiro atoms. The summed E-state index contributed by atoms with van der Waals surface area (Å²) < 4.78 is 4.95. The molecule has 0 amide bonds. The average Bonchev–Trinajstić information content (AvgIpc) is 3.49. The Balaban J connectivity index is 0.00000221. The molecule has 0 fully saturated rings. The Morgan fingerprint density at radius 3 is 1.73 bits per heavy atom. The van der Waals surface area contributed by atoms with E-state index in [9.17, 15) is 0 Å². The third kappa shape index (κ3) is 6.63. The van der Waals surface area contributed by atoms with Crippen molar-refractivity contribution in [3.8, 4) is 11.1 Å². The predicted octanol–water partition coefficient (Wildman–Crippen LogP) is 10.7. The van der Waals surface area contributed by atoms with Gasteiger partial charge in [-0.25, -0.2) is 0 Å². The Kier molecular flexibility index (Phi) is 10.4. The fourth-order valence-corrected chi connectivity index (χ4v) is 15.3. The van der Waals surface area contributed by atoms with Gasteiger partial charge in [0, 0.05) is 0 Å². The van der Waals surface area contributed by atoms with Crippen molar-refractivity contribution >= 4 is 31.3 Å². The molecule has 0 saturated heterocycles. The Labute approximate surface area is 285 Å². The van der Waals surface area contributed by atoms with Crippen molar-refractivity contribution in [1.29, 1.82) is 0 Å². The minimum atomic E-state index is -2.76. The zero-order valence-electron chi connectivity index (χ0n) is 27.4. The van der Waals surface area contributed by atoms with Crippen molar-refractivity contribution in [3.05, 3.63) is 145 Å². The molecule has 0 saturated carbocycles. The van der Waals surface area contributed by atoms with Crippen molar-refractivity contribution in [2.24, 2.45) is 5.92 Å². The largest absolute Gasteiger partial charge is 0.147 e. The van der Waals surface area contributed by atoms with Gasteiger partial charge in [-0.05, 0) is 0 Å². The van der Waals surface area contributed by atoms with E-state index >= 15 is 0 Å². The molecule has 0 N–H and O–H groups in total. The van der Waals surface area contributed by atoms with Gasteiger partial charge in [0.15, 0.2) is 0 Å². The molecular formula is C41H46Cl2Zr. The van der Waals surface area contributed by atoms with Crippen LogP contribution in [-0.2, 0) is 38.5 Å². The summed E-state index contributed by atoms with van der Waals surface area (Å²) >= 11 is -2.76. The van der Waals surface area contributed by atoms with E-state index in [2.05, 4.69) is 159 Å². The van der Waals surface area contributed by atoms with Crippen LogP contribution in [0.15, 0.2) is 112 Å². The first-order valence-electron chi connectivity index (χ1n) is 15.5. The third-order valence-electron chi connectivity index (χ3n) is 9.07. The molecule has 2 aliphatic rings. The maximum Gasteiger partial charge on any atom is -0.147 e. The standard InChI is InChI=1S/C21H25.C13H10.C7H9.2ClH.Zr/c1-20(2,3)16-9-7-14-11-15-8-10-17(21(4,5)6)13-19(15)18(14)12-16;1-3-7-12(8-4-1)11-13-9-5-2-6-10-13;1-6-3-4-7(2)5-6;;;/h7,9-10,12-13H,11H2,1-6H3;1-10H;3,5,7H,1-2H3;2*1H;. The second-order valence-corrected chi connectivity index (χ2v) is 20.2. The van der Waals surface area contributed by atoms with E-state index in [0.29, 0.717) is 5.92 Å². The van der Waals surface area contributed by atoms with Crippen LogP contribution < -0.4 is 3.27 Å². The van der Waals surface area contributed by atoms with Gasteiger partial charge in [-0.2, -0.15) is 0 Å². The summed E-state index contributed by atoms with van der Waals surface area (Å²) in [6.45, 7) is 18.8. The number of hydrogen-bond acceptors (Lipinski definition) is 0. The molecule has 4 aromatic rings. The predicted molar refractivity (Wildman–Crippen MR) is 193 cm³/mol. The second kappa shape index (κ2) is 13.2. The first-order chi connectivity index (χ1) is 19.9. The minimum Gasteiger partial charge on any atom is -0.147 e. The summed E-state index contributed by atoms with van der Waals surface area (Å²) in [6, 6.07) is 35.0. The molecule has 6 rings (SSSR count). The molecule has 0 heterocycles. The van der Waals surface area contributed by atoms with Gasteiger partial charge >= 0.3 is 263 Å². The number of hydrogen-bond donors (Lipinski definition) is 0. The van der Waals surface area contributed by atoms with Gasteiger partial charge in [0.25, 0.3) is 0 Å². The molecule has 0 aliphatic heterocycles. The first kappa shape index (κ1) is 34.6. The maximum absolute atomic E-state index is 2.76. The Hall–Kier alpha value is -2.31. The van der Waals surface area contributed by atoms with Crippen LogP contribution in [0.1, 0.15) is 88.8 Å². The smallest absolute Gasteiger partial charge is 0.147 e. The fraction of sp³-hybridized carbons (Fsp3) is 0.293. The van der Waals surface area contributed by atoms with Crippen LogP contribution in [-0.4, -0.2) is 3.21 Å². The molecule has 228 valence electrons. The van der Waals surface area contributed by atoms with Crippen LogP contribution in [0.5, 0.6) is 0 Å². The molecule has 4 aromatic carbocycles. The van der Waals surface area contributed by atoms with Crippen LogP contribution >= 0.6 is 24.8 Å². The van der Waals surface area contributed by atoms with Crippen LogP contribution in [0.2, 0.25) is 0 Å². The van der Waals surface area contributed by atoms with Crippen molar-refractivity contribution < 1.29 is 21.3 Å². The van der Waals surface area contributed by atoms with E-state index in [4.69, 9.17) is 0 Å². The van der Waals surface area contributed by atoms with Gasteiger partial charge in [-0.1, -0.05) is 0 Å². The van der Waals surface area contributed by atoms with E-state index < -0.39 is 21.3 Å². The summed E-state index contributed by atoms with van der Waals surface area (Å²) in [5.74, 6) is 0.465. The molecule has 0 bridgehead atoms. The zero-order valence-corrected chi connectivity index (χ0v) is 31.5. The van der Waals surface area contributed by atoms with E-state index in [1.54, 1.807) is 15.3 Å². The summed E-state index contributed by atoms with van der Waals surface area (Å²) in [5.41, 5.74) is 13.2. The van der Waals surface area contributed by atoms with Gasteiger partial charge in [0.2, 0.25) is 0 Å². The van der Waals surface area contributed by atoms with E-state index in [1.807, 2.05) is 0 Å². The van der Waals surface area contributed by atoms with Crippen LogP contribution in [0, 0.1) is 5.92 Å². The van der Waals surface area contributed by atoms with Gasteiger partial charge in [0.05, 0.1) is 0 Å². The van der Waals surface area contributed by atoms with Crippen molar-refractivity contribution in [1.82, 2.24) is 0 Å². The summed E-state index contributed by atoms with van der Waals surface area (Å²) in [4.78, 5) is 0. The number of rotatable bonds is 4. The van der Waals surface area contributed by atoms with Crippen molar-refractivity contribution in [2.75, 3.05) is 0 Å². The Morgan fingerprint density at radius 1 is 0.682 bits per heavy atom.